The van der Waals surface area contributed by atoms with Crippen LogP contribution in [0.2, 0.25) is 0 Å². The summed E-state index contributed by atoms with van der Waals surface area (Å²) in [5.41, 5.74) is 2.11. The largest absolute Gasteiger partial charge is 0.467 e. The van der Waals surface area contributed by atoms with Crippen molar-refractivity contribution in [3.63, 3.8) is 0 Å². The van der Waals surface area contributed by atoms with Crippen LogP contribution in [-0.2, 0) is 14.3 Å². The standard InChI is InChI=1S/C14H18O4/c1-10-4-6-11(7-5-10)8-9-12(15)13(17-2)14(16)18-3/h4-9,12-13,15H,1-3H3/b9-8+. The Labute approximate surface area is 107 Å². The average molecular weight is 250 g/mol. The minimum Gasteiger partial charge on any atom is -0.467 e. The fourth-order valence-electron chi connectivity index (χ4n) is 1.48. The van der Waals surface area contributed by atoms with Gasteiger partial charge in [-0.05, 0) is 12.5 Å². The van der Waals surface area contributed by atoms with Crippen LogP contribution in [-0.4, -0.2) is 37.5 Å². The molecule has 0 heterocycles. The van der Waals surface area contributed by atoms with Crippen molar-refractivity contribution in [3.05, 3.63) is 41.5 Å². The molecule has 1 aromatic rings. The molecule has 0 aliphatic carbocycles. The zero-order valence-corrected chi connectivity index (χ0v) is 10.8. The minimum absolute atomic E-state index is 0.599. The molecule has 98 valence electrons. The Balaban J connectivity index is 2.70. The molecule has 0 saturated heterocycles. The summed E-state index contributed by atoms with van der Waals surface area (Å²) in [5, 5.41) is 9.81. The number of aliphatic hydroxyl groups is 1. The van der Waals surface area contributed by atoms with E-state index in [1.807, 2.05) is 31.2 Å². The number of carbonyl (C=O) groups is 1. The van der Waals surface area contributed by atoms with E-state index < -0.39 is 18.2 Å². The first-order chi connectivity index (χ1) is 8.58. The molecule has 1 N–H and O–H groups in total. The van der Waals surface area contributed by atoms with Gasteiger partial charge in [-0.15, -0.1) is 0 Å². The maximum atomic E-state index is 11.3. The Kier molecular flexibility index (Phi) is 5.55. The molecule has 4 heteroatoms. The van der Waals surface area contributed by atoms with Crippen molar-refractivity contribution in [1.29, 1.82) is 0 Å². The molecule has 1 rings (SSSR count). The highest BCUT2D eigenvalue weighted by molar-refractivity contribution is 5.76. The van der Waals surface area contributed by atoms with Gasteiger partial charge in [0.2, 0.25) is 0 Å². The molecular formula is C14H18O4. The van der Waals surface area contributed by atoms with Crippen LogP contribution >= 0.6 is 0 Å². The van der Waals surface area contributed by atoms with E-state index in [0.717, 1.165) is 11.1 Å². The predicted octanol–water partition coefficient (Wildman–Crippen LogP) is 1.56. The summed E-state index contributed by atoms with van der Waals surface area (Å²) in [6.07, 6.45) is 1.20. The normalized spacial score (nSPS) is 14.4. The average Bonchev–Trinajstić information content (AvgIpc) is 2.38. The van der Waals surface area contributed by atoms with Crippen LogP contribution in [0.15, 0.2) is 30.3 Å². The van der Waals surface area contributed by atoms with Gasteiger partial charge in [-0.25, -0.2) is 4.79 Å². The summed E-state index contributed by atoms with van der Waals surface area (Å²) in [6.45, 7) is 2.00. The lowest BCUT2D eigenvalue weighted by molar-refractivity contribution is -0.157. The molecule has 2 unspecified atom stereocenters. The predicted molar refractivity (Wildman–Crippen MR) is 69.0 cm³/mol. The first-order valence-corrected chi connectivity index (χ1v) is 5.62. The van der Waals surface area contributed by atoms with Gasteiger partial charge in [0, 0.05) is 7.11 Å². The third-order valence-corrected chi connectivity index (χ3v) is 2.56. The number of carbonyl (C=O) groups excluding carboxylic acids is 1. The van der Waals surface area contributed by atoms with Gasteiger partial charge < -0.3 is 14.6 Å². The quantitative estimate of drug-likeness (QED) is 0.806. The molecule has 0 saturated carbocycles. The maximum Gasteiger partial charge on any atom is 0.338 e. The molecular weight excluding hydrogens is 232 g/mol. The summed E-state index contributed by atoms with van der Waals surface area (Å²) in [7, 11) is 2.61. The van der Waals surface area contributed by atoms with E-state index >= 15 is 0 Å². The van der Waals surface area contributed by atoms with E-state index in [2.05, 4.69) is 4.74 Å². The van der Waals surface area contributed by atoms with Gasteiger partial charge in [0.05, 0.1) is 7.11 Å². The van der Waals surface area contributed by atoms with Gasteiger partial charge >= 0.3 is 5.97 Å². The molecule has 4 nitrogen and oxygen atoms in total. The van der Waals surface area contributed by atoms with Crippen LogP contribution in [0.5, 0.6) is 0 Å². The number of hydrogen-bond acceptors (Lipinski definition) is 4. The van der Waals surface area contributed by atoms with Crippen molar-refractivity contribution in [1.82, 2.24) is 0 Å². The van der Waals surface area contributed by atoms with Crippen LogP contribution in [0, 0.1) is 6.92 Å². The molecule has 0 amide bonds. The second-order valence-electron chi connectivity index (χ2n) is 3.94. The lowest BCUT2D eigenvalue weighted by atomic mass is 10.1. The Bertz CT molecular complexity index is 408. The summed E-state index contributed by atoms with van der Waals surface area (Å²) >= 11 is 0. The number of aliphatic hydroxyl groups excluding tert-OH is 1. The number of esters is 1. The van der Waals surface area contributed by atoms with E-state index in [-0.39, 0.29) is 0 Å². The van der Waals surface area contributed by atoms with Gasteiger partial charge in [-0.2, -0.15) is 0 Å². The highest BCUT2D eigenvalue weighted by atomic mass is 16.6. The molecule has 0 fully saturated rings. The van der Waals surface area contributed by atoms with Crippen molar-refractivity contribution in [2.75, 3.05) is 14.2 Å². The number of benzene rings is 1. The van der Waals surface area contributed by atoms with Crippen LogP contribution in [0.4, 0.5) is 0 Å². The van der Waals surface area contributed by atoms with Crippen LogP contribution in [0.1, 0.15) is 11.1 Å². The van der Waals surface area contributed by atoms with E-state index in [4.69, 9.17) is 4.74 Å². The maximum absolute atomic E-state index is 11.3. The third-order valence-electron chi connectivity index (χ3n) is 2.56. The fraction of sp³-hybridized carbons (Fsp3) is 0.357. The Morgan fingerprint density at radius 3 is 2.39 bits per heavy atom. The van der Waals surface area contributed by atoms with Gasteiger partial charge in [0.1, 0.15) is 6.10 Å². The van der Waals surface area contributed by atoms with Crippen molar-refractivity contribution >= 4 is 12.0 Å². The van der Waals surface area contributed by atoms with Gasteiger partial charge in [-0.1, -0.05) is 42.0 Å². The lowest BCUT2D eigenvalue weighted by Gasteiger charge is -2.16. The number of aryl methyl sites for hydroxylation is 1. The molecule has 0 radical (unpaired) electrons. The van der Waals surface area contributed by atoms with Gasteiger partial charge in [0.25, 0.3) is 0 Å². The SMILES string of the molecule is COC(=O)C(OC)C(O)/C=C/c1ccc(C)cc1. The molecule has 18 heavy (non-hydrogen) atoms. The molecule has 0 aromatic heterocycles. The second kappa shape index (κ2) is 6.93. The molecule has 1 aromatic carbocycles. The van der Waals surface area contributed by atoms with Gasteiger partial charge in [0.15, 0.2) is 6.10 Å². The monoisotopic (exact) mass is 250 g/mol. The smallest absolute Gasteiger partial charge is 0.338 e. The van der Waals surface area contributed by atoms with Crippen molar-refractivity contribution in [2.45, 2.75) is 19.1 Å². The number of methoxy groups -OCH3 is 2. The molecule has 0 aliphatic heterocycles. The summed E-state index contributed by atoms with van der Waals surface area (Å²) in [4.78, 5) is 11.3. The van der Waals surface area contributed by atoms with Crippen LogP contribution < -0.4 is 0 Å². The topological polar surface area (TPSA) is 55.8 Å². The molecule has 0 bridgehead atoms. The van der Waals surface area contributed by atoms with E-state index in [1.165, 1.54) is 20.3 Å². The Morgan fingerprint density at radius 1 is 1.28 bits per heavy atom. The minimum atomic E-state index is -1.04. The van der Waals surface area contributed by atoms with E-state index in [0.29, 0.717) is 0 Å². The summed E-state index contributed by atoms with van der Waals surface area (Å²) in [5.74, 6) is -0.599. The highest BCUT2D eigenvalue weighted by Crippen LogP contribution is 2.08. The number of ether oxygens (including phenoxy) is 2. The molecule has 0 aliphatic rings. The molecule has 0 spiro atoms. The zero-order valence-electron chi connectivity index (χ0n) is 10.8. The number of hydrogen-bond donors (Lipinski definition) is 1. The second-order valence-corrected chi connectivity index (χ2v) is 3.94. The van der Waals surface area contributed by atoms with Crippen LogP contribution in [0.3, 0.4) is 0 Å². The third kappa shape index (κ3) is 3.98. The Hall–Kier alpha value is -1.65. The highest BCUT2D eigenvalue weighted by Gasteiger charge is 2.25. The molecule has 2 atom stereocenters. The lowest BCUT2D eigenvalue weighted by Crippen LogP contribution is -2.35. The van der Waals surface area contributed by atoms with Crippen molar-refractivity contribution in [3.8, 4) is 0 Å². The summed E-state index contributed by atoms with van der Waals surface area (Å²) in [6, 6.07) is 7.80. The van der Waals surface area contributed by atoms with Crippen molar-refractivity contribution < 1.29 is 19.4 Å². The van der Waals surface area contributed by atoms with E-state index in [1.54, 1.807) is 6.08 Å². The van der Waals surface area contributed by atoms with Crippen molar-refractivity contribution in [2.24, 2.45) is 0 Å². The first-order valence-electron chi connectivity index (χ1n) is 5.62. The number of rotatable bonds is 5. The zero-order chi connectivity index (χ0) is 13.5. The Morgan fingerprint density at radius 2 is 1.89 bits per heavy atom. The fourth-order valence-corrected chi connectivity index (χ4v) is 1.48. The van der Waals surface area contributed by atoms with Gasteiger partial charge in [-0.3, -0.25) is 0 Å². The summed E-state index contributed by atoms with van der Waals surface area (Å²) < 4.78 is 9.43. The first kappa shape index (κ1) is 14.4. The van der Waals surface area contributed by atoms with Crippen LogP contribution in [0.25, 0.3) is 6.08 Å². The van der Waals surface area contributed by atoms with E-state index in [9.17, 15) is 9.90 Å².